The maximum atomic E-state index is 13.7. The lowest BCUT2D eigenvalue weighted by molar-refractivity contribution is 0.510. The Morgan fingerprint density at radius 3 is 3.00 bits per heavy atom. The lowest BCUT2D eigenvalue weighted by atomic mass is 9.97. The third kappa shape index (κ3) is 1.72. The molecule has 1 aliphatic heterocycles. The number of aromatic nitrogens is 2. The van der Waals surface area contributed by atoms with Gasteiger partial charge < -0.3 is 10.3 Å². The van der Waals surface area contributed by atoms with E-state index in [1.165, 1.54) is 12.1 Å². The van der Waals surface area contributed by atoms with Gasteiger partial charge in [0.2, 0.25) is 0 Å². The Kier molecular flexibility index (Phi) is 2.40. The van der Waals surface area contributed by atoms with Crippen molar-refractivity contribution in [3.8, 4) is 0 Å². The van der Waals surface area contributed by atoms with Crippen LogP contribution in [0.4, 0.5) is 8.78 Å². The van der Waals surface area contributed by atoms with Gasteiger partial charge in [0.1, 0.15) is 11.6 Å². The van der Waals surface area contributed by atoms with E-state index in [1.807, 2.05) is 0 Å². The molecule has 5 heteroatoms. The van der Waals surface area contributed by atoms with Gasteiger partial charge >= 0.3 is 0 Å². The zero-order chi connectivity index (χ0) is 11.8. The van der Waals surface area contributed by atoms with Crippen molar-refractivity contribution in [3.63, 3.8) is 0 Å². The minimum Gasteiger partial charge on any atom is -0.348 e. The van der Waals surface area contributed by atoms with Gasteiger partial charge in [-0.25, -0.2) is 13.8 Å². The molecular weight excluding hydrogens is 224 g/mol. The summed E-state index contributed by atoms with van der Waals surface area (Å²) in [6.07, 6.45) is 2.45. The van der Waals surface area contributed by atoms with Crippen LogP contribution in [0.2, 0.25) is 0 Å². The molecule has 0 bridgehead atoms. The van der Waals surface area contributed by atoms with E-state index in [9.17, 15) is 8.78 Å². The molecule has 0 spiro atoms. The predicted molar refractivity (Wildman–Crippen MR) is 58.5 cm³/mol. The van der Waals surface area contributed by atoms with Crippen LogP contribution in [-0.4, -0.2) is 16.5 Å². The van der Waals surface area contributed by atoms with Gasteiger partial charge in [-0.05, 0) is 6.07 Å². The van der Waals surface area contributed by atoms with Gasteiger partial charge in [-0.1, -0.05) is 6.07 Å². The largest absolute Gasteiger partial charge is 0.348 e. The average Bonchev–Trinajstić information content (AvgIpc) is 2.77. The summed E-state index contributed by atoms with van der Waals surface area (Å²) in [6.45, 7) is 0.747. The number of nitrogens with zero attached hydrogens (tertiary/aromatic N) is 1. The van der Waals surface area contributed by atoms with Crippen molar-refractivity contribution in [1.82, 2.24) is 15.3 Å². The summed E-state index contributed by atoms with van der Waals surface area (Å²) < 4.78 is 26.6. The highest BCUT2D eigenvalue weighted by molar-refractivity contribution is 5.33. The average molecular weight is 235 g/mol. The Hall–Kier alpha value is -1.75. The van der Waals surface area contributed by atoms with Gasteiger partial charge in [-0.15, -0.1) is 0 Å². The Bertz CT molecular complexity index is 550. The van der Waals surface area contributed by atoms with E-state index < -0.39 is 11.6 Å². The third-order valence-electron chi connectivity index (χ3n) is 3.02. The molecule has 3 nitrogen and oxygen atoms in total. The van der Waals surface area contributed by atoms with E-state index in [4.69, 9.17) is 0 Å². The van der Waals surface area contributed by atoms with Crippen LogP contribution >= 0.6 is 0 Å². The van der Waals surface area contributed by atoms with Crippen LogP contribution < -0.4 is 5.32 Å². The molecular formula is C12H11F2N3. The zero-order valence-corrected chi connectivity index (χ0v) is 9.00. The Morgan fingerprint density at radius 2 is 2.18 bits per heavy atom. The molecule has 2 heterocycles. The van der Waals surface area contributed by atoms with Crippen LogP contribution in [0.5, 0.6) is 0 Å². The molecule has 1 aromatic carbocycles. The molecule has 0 amide bonds. The second-order valence-corrected chi connectivity index (χ2v) is 4.07. The first-order valence-electron chi connectivity index (χ1n) is 5.46. The summed E-state index contributed by atoms with van der Waals surface area (Å²) in [5, 5.41) is 3.19. The minimum atomic E-state index is -0.565. The number of fused-ring (bicyclic) bond motifs is 1. The predicted octanol–water partition coefficient (Wildman–Crippen LogP) is 1.92. The number of benzene rings is 1. The van der Waals surface area contributed by atoms with E-state index in [-0.39, 0.29) is 6.04 Å². The maximum absolute atomic E-state index is 13.7. The van der Waals surface area contributed by atoms with Crippen LogP contribution in [0.1, 0.15) is 23.0 Å². The molecule has 88 valence electrons. The molecule has 0 radical (unpaired) electrons. The first-order chi connectivity index (χ1) is 8.25. The van der Waals surface area contributed by atoms with Gasteiger partial charge in [0, 0.05) is 30.3 Å². The second kappa shape index (κ2) is 3.92. The summed E-state index contributed by atoms with van der Waals surface area (Å²) in [5.41, 5.74) is 2.23. The van der Waals surface area contributed by atoms with Crippen molar-refractivity contribution in [3.05, 3.63) is 53.1 Å². The number of aromatic amines is 1. The first-order valence-corrected chi connectivity index (χ1v) is 5.46. The highest BCUT2D eigenvalue weighted by Crippen LogP contribution is 2.28. The summed E-state index contributed by atoms with van der Waals surface area (Å²) in [7, 11) is 0. The Balaban J connectivity index is 2.06. The summed E-state index contributed by atoms with van der Waals surface area (Å²) in [4.78, 5) is 7.24. The molecule has 2 N–H and O–H groups in total. The summed E-state index contributed by atoms with van der Waals surface area (Å²) in [5.74, 6) is -1.11. The van der Waals surface area contributed by atoms with Gasteiger partial charge in [0.05, 0.1) is 18.1 Å². The number of H-pyrrole nitrogens is 1. The van der Waals surface area contributed by atoms with Crippen molar-refractivity contribution >= 4 is 0 Å². The lowest BCUT2D eigenvalue weighted by Gasteiger charge is -2.23. The molecule has 0 unspecified atom stereocenters. The fraction of sp³-hybridized carbons (Fsp3) is 0.250. The number of halogens is 2. The molecule has 1 aliphatic rings. The highest BCUT2D eigenvalue weighted by Gasteiger charge is 2.25. The van der Waals surface area contributed by atoms with E-state index in [1.54, 1.807) is 6.33 Å². The monoisotopic (exact) mass is 235 g/mol. The van der Waals surface area contributed by atoms with E-state index in [2.05, 4.69) is 15.3 Å². The van der Waals surface area contributed by atoms with Crippen LogP contribution in [0.3, 0.4) is 0 Å². The van der Waals surface area contributed by atoms with Crippen LogP contribution in [-0.2, 0) is 6.42 Å². The number of nitrogens with one attached hydrogen (secondary N) is 2. The standard InChI is InChI=1S/C12H11F2N3/c13-7-1-2-8(9(14)5-7)11-12-10(3-4-15-11)16-6-17-12/h1-2,5-6,11,15H,3-4H2,(H,16,17)/t11-/m0/s1. The molecule has 2 aromatic rings. The number of rotatable bonds is 1. The fourth-order valence-electron chi connectivity index (χ4n) is 2.21. The van der Waals surface area contributed by atoms with Crippen molar-refractivity contribution < 1.29 is 8.78 Å². The number of hydrogen-bond acceptors (Lipinski definition) is 2. The molecule has 0 saturated carbocycles. The smallest absolute Gasteiger partial charge is 0.131 e. The van der Waals surface area contributed by atoms with E-state index in [0.717, 1.165) is 30.4 Å². The second-order valence-electron chi connectivity index (χ2n) is 4.07. The van der Waals surface area contributed by atoms with Crippen molar-refractivity contribution in [2.24, 2.45) is 0 Å². The molecule has 1 atom stereocenters. The van der Waals surface area contributed by atoms with Gasteiger partial charge in [-0.2, -0.15) is 0 Å². The Morgan fingerprint density at radius 1 is 1.29 bits per heavy atom. The SMILES string of the molecule is Fc1ccc([C@@H]2NCCc3[nH]cnc32)c(F)c1. The Labute approximate surface area is 96.9 Å². The van der Waals surface area contributed by atoms with Crippen molar-refractivity contribution in [1.29, 1.82) is 0 Å². The van der Waals surface area contributed by atoms with Gasteiger partial charge in [0.25, 0.3) is 0 Å². The number of hydrogen-bond donors (Lipinski definition) is 2. The normalized spacial score (nSPS) is 19.1. The van der Waals surface area contributed by atoms with Crippen LogP contribution in [0, 0.1) is 11.6 Å². The number of imidazole rings is 1. The highest BCUT2D eigenvalue weighted by atomic mass is 19.1. The summed E-state index contributed by atoms with van der Waals surface area (Å²) >= 11 is 0. The van der Waals surface area contributed by atoms with Gasteiger partial charge in [0.15, 0.2) is 0 Å². The third-order valence-corrected chi connectivity index (χ3v) is 3.02. The van der Waals surface area contributed by atoms with Crippen molar-refractivity contribution in [2.75, 3.05) is 6.54 Å². The lowest BCUT2D eigenvalue weighted by Crippen LogP contribution is -2.31. The van der Waals surface area contributed by atoms with E-state index in [0.29, 0.717) is 5.56 Å². The summed E-state index contributed by atoms with van der Waals surface area (Å²) in [6, 6.07) is 3.33. The van der Waals surface area contributed by atoms with Gasteiger partial charge in [-0.3, -0.25) is 0 Å². The molecule has 0 fully saturated rings. The van der Waals surface area contributed by atoms with Crippen LogP contribution in [0.15, 0.2) is 24.5 Å². The molecule has 0 saturated heterocycles. The molecule has 0 aliphatic carbocycles. The molecule has 17 heavy (non-hydrogen) atoms. The fourth-order valence-corrected chi connectivity index (χ4v) is 2.21. The molecule has 1 aromatic heterocycles. The van der Waals surface area contributed by atoms with Crippen molar-refractivity contribution in [2.45, 2.75) is 12.5 Å². The van der Waals surface area contributed by atoms with E-state index >= 15 is 0 Å². The molecule has 3 rings (SSSR count). The quantitative estimate of drug-likeness (QED) is 0.792. The maximum Gasteiger partial charge on any atom is 0.131 e. The minimum absolute atomic E-state index is 0.300. The first kappa shape index (κ1) is 10.4. The zero-order valence-electron chi connectivity index (χ0n) is 9.00. The topological polar surface area (TPSA) is 40.7 Å². The van der Waals surface area contributed by atoms with Crippen LogP contribution in [0.25, 0.3) is 0 Å².